The number of carbonyl (C=O) groups excluding carboxylic acids is 1. The Kier molecular flexibility index (Phi) is 5.83. The van der Waals surface area contributed by atoms with Crippen LogP contribution in [0.4, 0.5) is 4.39 Å². The van der Waals surface area contributed by atoms with Crippen molar-refractivity contribution in [2.24, 2.45) is 0 Å². The van der Waals surface area contributed by atoms with Gasteiger partial charge in [-0.1, -0.05) is 29.8 Å². The summed E-state index contributed by atoms with van der Waals surface area (Å²) in [5, 5.41) is 18.8. The third-order valence-electron chi connectivity index (χ3n) is 5.81. The Bertz CT molecular complexity index is 1390. The second-order valence-corrected chi connectivity index (χ2v) is 10.9. The van der Waals surface area contributed by atoms with Crippen LogP contribution < -0.4 is 5.32 Å². The number of carbonyl (C=O) groups is 1. The Morgan fingerprint density at radius 1 is 1.09 bits per heavy atom. The van der Waals surface area contributed by atoms with E-state index in [4.69, 9.17) is 16.7 Å². The number of aliphatic hydroxyl groups excluding tert-OH is 1. The maximum absolute atomic E-state index is 13.5. The Labute approximate surface area is 201 Å². The summed E-state index contributed by atoms with van der Waals surface area (Å²) in [7, 11) is -2.91. The number of hydrogen-bond acceptors (Lipinski definition) is 5. The molecular formula is C24H21ClFN3O4S. The highest BCUT2D eigenvalue weighted by Gasteiger charge is 2.37. The summed E-state index contributed by atoms with van der Waals surface area (Å²) in [5.41, 5.74) is 2.83. The molecule has 0 saturated carbocycles. The summed E-state index contributed by atoms with van der Waals surface area (Å²) in [6.07, 6.45) is -1.03. The van der Waals surface area contributed by atoms with Crippen molar-refractivity contribution in [2.75, 3.05) is 11.5 Å². The molecule has 4 aromatic rings. The van der Waals surface area contributed by atoms with E-state index in [2.05, 4.69) is 5.32 Å². The van der Waals surface area contributed by atoms with E-state index in [0.29, 0.717) is 33.0 Å². The molecule has 5 rings (SSSR count). The van der Waals surface area contributed by atoms with Gasteiger partial charge in [-0.3, -0.25) is 13.9 Å². The van der Waals surface area contributed by atoms with Crippen LogP contribution in [-0.2, 0) is 0 Å². The number of fused-ring (bicyclic) bond motifs is 1. The number of benzene rings is 3. The third-order valence-corrected chi connectivity index (χ3v) is 7.91. The molecule has 1 saturated heterocycles. The van der Waals surface area contributed by atoms with Gasteiger partial charge in [-0.15, -0.1) is 0 Å². The number of nitrogens with zero attached hydrogens (tertiary/aromatic N) is 2. The molecule has 3 aromatic carbocycles. The van der Waals surface area contributed by atoms with Crippen molar-refractivity contribution in [3.63, 3.8) is 0 Å². The van der Waals surface area contributed by atoms with Gasteiger partial charge in [0, 0.05) is 16.5 Å². The fourth-order valence-electron chi connectivity index (χ4n) is 4.13. The summed E-state index contributed by atoms with van der Waals surface area (Å²) < 4.78 is 34.9. The zero-order chi connectivity index (χ0) is 24.0. The van der Waals surface area contributed by atoms with Crippen molar-refractivity contribution >= 4 is 39.0 Å². The Balaban J connectivity index is 1.59. The van der Waals surface area contributed by atoms with Gasteiger partial charge in [-0.2, -0.15) is 15.7 Å². The maximum atomic E-state index is 13.5. The van der Waals surface area contributed by atoms with E-state index in [1.807, 2.05) is 18.2 Å². The number of hydrogen-bond donors (Lipinski definition) is 4. The smallest absolute Gasteiger partial charge is 0.251 e. The van der Waals surface area contributed by atoms with Gasteiger partial charge in [0.1, 0.15) is 11.5 Å². The third kappa shape index (κ3) is 4.28. The van der Waals surface area contributed by atoms with E-state index in [0.717, 1.165) is 5.39 Å². The van der Waals surface area contributed by atoms with Crippen molar-refractivity contribution in [3.05, 3.63) is 83.1 Å². The number of aromatic nitrogens is 2. The number of nitrogens with one attached hydrogen (secondary N) is 1. The normalized spacial score (nSPS) is 20.4. The van der Waals surface area contributed by atoms with Crippen LogP contribution in [0.1, 0.15) is 10.4 Å². The Morgan fingerprint density at radius 2 is 1.82 bits per heavy atom. The summed E-state index contributed by atoms with van der Waals surface area (Å²) in [5.74, 6) is -1.09. The average Bonchev–Trinajstić information content (AvgIpc) is 3.30. The molecular weight excluding hydrogens is 481 g/mol. The SMILES string of the molecule is O=C(N[C@@H]1CS(O)(O)C[C@H]1O)c1ccc2c(-c3ccccc3Cl)nn(-c3ccc(F)cc3)c2c1. The molecule has 176 valence electrons. The first-order valence-electron chi connectivity index (χ1n) is 10.5. The van der Waals surface area contributed by atoms with Crippen LogP contribution in [-0.4, -0.2) is 53.6 Å². The predicted octanol–water partition coefficient (Wildman–Crippen LogP) is 4.71. The second kappa shape index (κ2) is 8.68. The van der Waals surface area contributed by atoms with Crippen LogP contribution in [0.15, 0.2) is 66.7 Å². The van der Waals surface area contributed by atoms with E-state index in [-0.39, 0.29) is 17.3 Å². The van der Waals surface area contributed by atoms with E-state index in [9.17, 15) is 23.4 Å². The van der Waals surface area contributed by atoms with Crippen LogP contribution in [0.5, 0.6) is 0 Å². The van der Waals surface area contributed by atoms with Crippen molar-refractivity contribution in [2.45, 2.75) is 12.1 Å². The number of aliphatic hydroxyl groups is 1. The number of halogens is 2. The van der Waals surface area contributed by atoms with Gasteiger partial charge in [0.25, 0.3) is 5.91 Å². The van der Waals surface area contributed by atoms with Crippen LogP contribution >= 0.6 is 22.2 Å². The van der Waals surface area contributed by atoms with E-state index in [1.54, 1.807) is 41.1 Å². The molecule has 4 N–H and O–H groups in total. The lowest BCUT2D eigenvalue weighted by Crippen LogP contribution is -2.42. The molecule has 0 aliphatic carbocycles. The molecule has 1 aromatic heterocycles. The van der Waals surface area contributed by atoms with Crippen molar-refractivity contribution < 1.29 is 23.4 Å². The van der Waals surface area contributed by atoms with Crippen LogP contribution in [0.25, 0.3) is 27.8 Å². The Morgan fingerprint density at radius 3 is 2.50 bits per heavy atom. The van der Waals surface area contributed by atoms with E-state index < -0.39 is 28.6 Å². The molecule has 1 fully saturated rings. The topological polar surface area (TPSA) is 108 Å². The van der Waals surface area contributed by atoms with Gasteiger partial charge in [0.05, 0.1) is 39.9 Å². The minimum atomic E-state index is -2.91. The first-order valence-corrected chi connectivity index (χ1v) is 12.7. The van der Waals surface area contributed by atoms with Crippen molar-refractivity contribution in [1.29, 1.82) is 0 Å². The highest BCUT2D eigenvalue weighted by Crippen LogP contribution is 2.45. The minimum Gasteiger partial charge on any atom is -0.389 e. The molecule has 1 amide bonds. The van der Waals surface area contributed by atoms with Gasteiger partial charge in [-0.05, 0) is 48.5 Å². The van der Waals surface area contributed by atoms with Crippen LogP contribution in [0, 0.1) is 5.82 Å². The fourth-order valence-corrected chi connectivity index (χ4v) is 6.15. The van der Waals surface area contributed by atoms with Gasteiger partial charge in [-0.25, -0.2) is 9.07 Å². The van der Waals surface area contributed by atoms with E-state index in [1.165, 1.54) is 12.1 Å². The molecule has 10 heteroatoms. The molecule has 0 spiro atoms. The number of amides is 1. The molecule has 0 bridgehead atoms. The lowest BCUT2D eigenvalue weighted by atomic mass is 10.1. The lowest BCUT2D eigenvalue weighted by Gasteiger charge is -2.25. The standard InChI is InChI=1S/C24H21ClFN3O4S/c25-19-4-2-1-3-17(19)23-18-10-5-14(24(31)27-20-12-34(32,33)13-22(20)30)11-21(18)29(28-23)16-8-6-15(26)7-9-16/h1-11,20,22,30,32-33H,12-13H2,(H,27,31)/t20-,22-/m1/s1. The van der Waals surface area contributed by atoms with Gasteiger partial charge < -0.3 is 10.4 Å². The maximum Gasteiger partial charge on any atom is 0.251 e. The molecule has 2 atom stereocenters. The average molecular weight is 502 g/mol. The quantitative estimate of drug-likeness (QED) is 0.324. The first-order chi connectivity index (χ1) is 16.2. The van der Waals surface area contributed by atoms with Crippen LogP contribution in [0.2, 0.25) is 5.02 Å². The van der Waals surface area contributed by atoms with Gasteiger partial charge in [0.15, 0.2) is 0 Å². The fraction of sp³-hybridized carbons (Fsp3) is 0.167. The Hall–Kier alpha value is -2.95. The zero-order valence-corrected chi connectivity index (χ0v) is 19.3. The zero-order valence-electron chi connectivity index (χ0n) is 17.7. The molecule has 34 heavy (non-hydrogen) atoms. The largest absolute Gasteiger partial charge is 0.389 e. The summed E-state index contributed by atoms with van der Waals surface area (Å²) in [6, 6.07) is 17.4. The van der Waals surface area contributed by atoms with Crippen LogP contribution in [0.3, 0.4) is 0 Å². The molecule has 0 radical (unpaired) electrons. The number of rotatable bonds is 4. The minimum absolute atomic E-state index is 0.0910. The second-order valence-electron chi connectivity index (χ2n) is 8.23. The van der Waals surface area contributed by atoms with E-state index >= 15 is 0 Å². The highest BCUT2D eigenvalue weighted by molar-refractivity contribution is 8.24. The summed E-state index contributed by atoms with van der Waals surface area (Å²) in [6.45, 7) is 0. The monoisotopic (exact) mass is 501 g/mol. The molecule has 1 aliphatic heterocycles. The first kappa shape index (κ1) is 22.8. The molecule has 2 heterocycles. The molecule has 7 nitrogen and oxygen atoms in total. The highest BCUT2D eigenvalue weighted by atomic mass is 35.5. The molecule has 0 unspecified atom stereocenters. The van der Waals surface area contributed by atoms with Gasteiger partial charge >= 0.3 is 0 Å². The predicted molar refractivity (Wildman–Crippen MR) is 131 cm³/mol. The van der Waals surface area contributed by atoms with Gasteiger partial charge in [0.2, 0.25) is 0 Å². The summed E-state index contributed by atoms with van der Waals surface area (Å²) in [4.78, 5) is 12.9. The lowest BCUT2D eigenvalue weighted by molar-refractivity contribution is 0.0889. The molecule has 1 aliphatic rings. The summed E-state index contributed by atoms with van der Waals surface area (Å²) >= 11 is 6.42. The van der Waals surface area contributed by atoms with Crippen molar-refractivity contribution in [3.8, 4) is 16.9 Å². The van der Waals surface area contributed by atoms with Crippen molar-refractivity contribution in [1.82, 2.24) is 15.1 Å².